The van der Waals surface area contributed by atoms with Gasteiger partial charge in [0, 0.05) is 10.9 Å². The van der Waals surface area contributed by atoms with E-state index in [9.17, 15) is 14.4 Å². The smallest absolute Gasteiger partial charge is 0.307 e. The van der Waals surface area contributed by atoms with Gasteiger partial charge >= 0.3 is 5.69 Å². The Morgan fingerprint density at radius 2 is 1.81 bits per heavy atom. The van der Waals surface area contributed by atoms with Crippen LogP contribution in [-0.2, 0) is 11.3 Å². The summed E-state index contributed by atoms with van der Waals surface area (Å²) >= 11 is 1.28. The predicted molar refractivity (Wildman–Crippen MR) is 105 cm³/mol. The van der Waals surface area contributed by atoms with Crippen LogP contribution in [-0.4, -0.2) is 20.4 Å². The number of hydrogen-bond acceptors (Lipinski definition) is 5. The maximum atomic E-state index is 12.5. The number of fused-ring (bicyclic) bond motifs is 1. The molecule has 0 saturated carbocycles. The number of aromatic amines is 1. The van der Waals surface area contributed by atoms with Crippen LogP contribution in [0.5, 0.6) is 0 Å². The predicted octanol–water partition coefficient (Wildman–Crippen LogP) is 2.45. The number of H-pyrrole nitrogens is 1. The first-order valence-corrected chi connectivity index (χ1v) is 9.02. The summed E-state index contributed by atoms with van der Waals surface area (Å²) in [4.78, 5) is 43.9. The van der Waals surface area contributed by atoms with Gasteiger partial charge in [-0.3, -0.25) is 14.2 Å². The lowest BCUT2D eigenvalue weighted by atomic mass is 10.2. The van der Waals surface area contributed by atoms with E-state index in [1.54, 1.807) is 24.3 Å². The van der Waals surface area contributed by atoms with Crippen molar-refractivity contribution in [1.29, 1.82) is 0 Å². The Morgan fingerprint density at radius 3 is 2.63 bits per heavy atom. The van der Waals surface area contributed by atoms with Crippen molar-refractivity contribution in [2.75, 3.05) is 5.32 Å². The molecular weight excluding hydrogens is 364 g/mol. The number of carbonyl (C=O) groups is 1. The largest absolute Gasteiger partial charge is 0.329 e. The lowest BCUT2D eigenvalue weighted by Gasteiger charge is -2.06. The number of carbonyl (C=O) groups excluding carboxylic acids is 1. The van der Waals surface area contributed by atoms with Gasteiger partial charge in [0.15, 0.2) is 5.13 Å². The summed E-state index contributed by atoms with van der Waals surface area (Å²) in [5.41, 5.74) is 0.997. The number of hydrogen-bond donors (Lipinski definition) is 2. The molecule has 0 saturated heterocycles. The quantitative estimate of drug-likeness (QED) is 0.570. The second-order valence-corrected chi connectivity index (χ2v) is 6.68. The van der Waals surface area contributed by atoms with Crippen molar-refractivity contribution in [1.82, 2.24) is 14.5 Å². The Hall–Kier alpha value is -3.52. The molecule has 2 aromatic heterocycles. The zero-order chi connectivity index (χ0) is 18.8. The van der Waals surface area contributed by atoms with Gasteiger partial charge in [-0.15, -0.1) is 11.3 Å². The van der Waals surface area contributed by atoms with Crippen molar-refractivity contribution in [2.24, 2.45) is 0 Å². The van der Waals surface area contributed by atoms with Gasteiger partial charge in [-0.1, -0.05) is 42.5 Å². The Balaban J connectivity index is 1.56. The topological polar surface area (TPSA) is 96.9 Å². The van der Waals surface area contributed by atoms with Crippen LogP contribution in [0.2, 0.25) is 0 Å². The number of amides is 1. The van der Waals surface area contributed by atoms with Crippen molar-refractivity contribution in [3.8, 4) is 11.3 Å². The number of thiazole rings is 1. The minimum absolute atomic E-state index is 0.352. The summed E-state index contributed by atoms with van der Waals surface area (Å²) in [7, 11) is 0. The molecule has 0 aliphatic rings. The Morgan fingerprint density at radius 1 is 1.07 bits per heavy atom. The number of rotatable bonds is 4. The SMILES string of the molecule is O=C(Cn1c(=O)[nH]c2ccccc2c1=O)Nc1nc(-c2ccccc2)cs1. The van der Waals surface area contributed by atoms with Crippen molar-refractivity contribution in [3.63, 3.8) is 0 Å². The highest BCUT2D eigenvalue weighted by atomic mass is 32.1. The molecule has 0 unspecified atom stereocenters. The number of nitrogens with one attached hydrogen (secondary N) is 2. The molecule has 27 heavy (non-hydrogen) atoms. The van der Waals surface area contributed by atoms with Crippen LogP contribution in [0, 0.1) is 0 Å². The third-order valence-corrected chi connectivity index (χ3v) is 4.77. The molecule has 2 aromatic carbocycles. The highest BCUT2D eigenvalue weighted by Crippen LogP contribution is 2.24. The summed E-state index contributed by atoms with van der Waals surface area (Å²) in [5, 5.41) is 5.23. The van der Waals surface area contributed by atoms with E-state index in [0.717, 1.165) is 15.8 Å². The van der Waals surface area contributed by atoms with Gasteiger partial charge in [0.05, 0.1) is 16.6 Å². The molecule has 0 atom stereocenters. The summed E-state index contributed by atoms with van der Waals surface area (Å²) in [6.45, 7) is -0.390. The van der Waals surface area contributed by atoms with Crippen molar-refractivity contribution in [2.45, 2.75) is 6.54 Å². The van der Waals surface area contributed by atoms with Gasteiger partial charge in [0.25, 0.3) is 5.56 Å². The molecule has 134 valence electrons. The summed E-state index contributed by atoms with van der Waals surface area (Å²) < 4.78 is 0.878. The van der Waals surface area contributed by atoms with Crippen LogP contribution in [0.25, 0.3) is 22.2 Å². The Labute approximate surface area is 157 Å². The molecular formula is C19H14N4O3S. The van der Waals surface area contributed by atoms with E-state index in [2.05, 4.69) is 15.3 Å². The molecule has 0 radical (unpaired) electrons. The standard InChI is InChI=1S/C19H14N4O3S/c24-16(22-18-20-15(11-27-18)12-6-2-1-3-7-12)10-23-17(25)13-8-4-5-9-14(13)21-19(23)26/h1-9,11H,10H2,(H,21,26)(H,20,22,24). The third-order valence-electron chi connectivity index (χ3n) is 4.01. The molecule has 0 spiro atoms. The average molecular weight is 378 g/mol. The van der Waals surface area contributed by atoms with Gasteiger partial charge in [-0.2, -0.15) is 0 Å². The third kappa shape index (κ3) is 3.42. The summed E-state index contributed by atoms with van der Waals surface area (Å²) in [6.07, 6.45) is 0. The van der Waals surface area contributed by atoms with E-state index in [-0.39, 0.29) is 6.54 Å². The fourth-order valence-corrected chi connectivity index (χ4v) is 3.45. The zero-order valence-corrected chi connectivity index (χ0v) is 14.8. The molecule has 8 heteroatoms. The molecule has 0 aliphatic carbocycles. The molecule has 0 bridgehead atoms. The highest BCUT2D eigenvalue weighted by Gasteiger charge is 2.13. The van der Waals surface area contributed by atoms with Gasteiger partial charge in [-0.05, 0) is 12.1 Å². The van der Waals surface area contributed by atoms with E-state index in [0.29, 0.717) is 16.0 Å². The van der Waals surface area contributed by atoms with Gasteiger partial charge < -0.3 is 10.3 Å². The van der Waals surface area contributed by atoms with Crippen LogP contribution in [0.15, 0.2) is 69.6 Å². The van der Waals surface area contributed by atoms with Gasteiger partial charge in [0.1, 0.15) is 6.54 Å². The van der Waals surface area contributed by atoms with Crippen LogP contribution in [0.4, 0.5) is 5.13 Å². The molecule has 2 heterocycles. The van der Waals surface area contributed by atoms with Gasteiger partial charge in [-0.25, -0.2) is 9.78 Å². The highest BCUT2D eigenvalue weighted by molar-refractivity contribution is 7.14. The zero-order valence-electron chi connectivity index (χ0n) is 14.0. The molecule has 4 aromatic rings. The van der Waals surface area contributed by atoms with Crippen molar-refractivity contribution < 1.29 is 4.79 Å². The summed E-state index contributed by atoms with van der Waals surface area (Å²) in [6, 6.07) is 16.3. The first kappa shape index (κ1) is 16.9. The fourth-order valence-electron chi connectivity index (χ4n) is 2.72. The lowest BCUT2D eigenvalue weighted by Crippen LogP contribution is -2.38. The molecule has 4 rings (SSSR count). The van der Waals surface area contributed by atoms with E-state index < -0.39 is 17.2 Å². The minimum Gasteiger partial charge on any atom is -0.307 e. The molecule has 0 fully saturated rings. The molecule has 1 amide bonds. The lowest BCUT2D eigenvalue weighted by molar-refractivity contribution is -0.116. The number of anilines is 1. The van der Waals surface area contributed by atoms with E-state index >= 15 is 0 Å². The first-order chi connectivity index (χ1) is 13.1. The molecule has 7 nitrogen and oxygen atoms in total. The fraction of sp³-hybridized carbons (Fsp3) is 0.0526. The van der Waals surface area contributed by atoms with Crippen molar-refractivity contribution >= 4 is 33.3 Å². The second kappa shape index (κ2) is 7.00. The van der Waals surface area contributed by atoms with Crippen molar-refractivity contribution in [3.05, 3.63) is 80.8 Å². The number of aromatic nitrogens is 3. The number of para-hydroxylation sites is 1. The molecule has 0 aliphatic heterocycles. The first-order valence-electron chi connectivity index (χ1n) is 8.14. The molecule has 2 N–H and O–H groups in total. The normalized spacial score (nSPS) is 10.8. The van der Waals surface area contributed by atoms with E-state index in [4.69, 9.17) is 0 Å². The van der Waals surface area contributed by atoms with Crippen LogP contribution >= 0.6 is 11.3 Å². The van der Waals surface area contributed by atoms with Crippen LogP contribution in [0.3, 0.4) is 0 Å². The number of benzene rings is 2. The minimum atomic E-state index is -0.627. The van der Waals surface area contributed by atoms with E-state index in [1.807, 2.05) is 35.7 Å². The monoisotopic (exact) mass is 378 g/mol. The second-order valence-electron chi connectivity index (χ2n) is 5.82. The van der Waals surface area contributed by atoms with Crippen LogP contribution in [0.1, 0.15) is 0 Å². The van der Waals surface area contributed by atoms with Crippen LogP contribution < -0.4 is 16.6 Å². The Bertz CT molecular complexity index is 1240. The maximum Gasteiger partial charge on any atom is 0.329 e. The van der Waals surface area contributed by atoms with Gasteiger partial charge in [0.2, 0.25) is 5.91 Å². The summed E-state index contributed by atoms with van der Waals surface area (Å²) in [5.74, 6) is -0.494. The Kier molecular flexibility index (Phi) is 4.39. The maximum absolute atomic E-state index is 12.5. The van der Waals surface area contributed by atoms with E-state index in [1.165, 1.54) is 11.3 Å². The number of nitrogens with zero attached hydrogens (tertiary/aromatic N) is 2. The average Bonchev–Trinajstić information content (AvgIpc) is 3.14.